The Labute approximate surface area is 93.4 Å². The summed E-state index contributed by atoms with van der Waals surface area (Å²) < 4.78 is 20.8. The molecule has 2 fully saturated rings. The van der Waals surface area contributed by atoms with Crippen LogP contribution in [0, 0.1) is 0 Å². The number of aliphatic hydroxyl groups is 1. The van der Waals surface area contributed by atoms with Crippen molar-refractivity contribution in [3.8, 4) is 0 Å². The Balaban J connectivity index is 1.83. The molecule has 0 amide bonds. The van der Waals surface area contributed by atoms with Gasteiger partial charge in [0.25, 0.3) is 0 Å². The van der Waals surface area contributed by atoms with Crippen molar-refractivity contribution in [2.75, 3.05) is 19.8 Å². The lowest BCUT2D eigenvalue weighted by atomic mass is 10.1. The Hall–Kier alpha value is -0.690. The van der Waals surface area contributed by atoms with Gasteiger partial charge in [-0.15, -0.1) is 0 Å². The van der Waals surface area contributed by atoms with Crippen LogP contribution < -0.4 is 0 Å². The molecule has 2 rings (SSSR count). The van der Waals surface area contributed by atoms with Gasteiger partial charge >= 0.3 is 5.97 Å². The van der Waals surface area contributed by atoms with E-state index in [1.165, 1.54) is 0 Å². The summed E-state index contributed by atoms with van der Waals surface area (Å²) in [7, 11) is 0. The van der Waals surface area contributed by atoms with Crippen LogP contribution in [0.1, 0.15) is 13.3 Å². The number of esters is 1. The van der Waals surface area contributed by atoms with E-state index in [0.717, 1.165) is 0 Å². The van der Waals surface area contributed by atoms with Gasteiger partial charge in [-0.05, 0) is 6.92 Å². The van der Waals surface area contributed by atoms with Gasteiger partial charge in [-0.1, -0.05) is 0 Å². The van der Waals surface area contributed by atoms with E-state index in [0.29, 0.717) is 13.2 Å². The van der Waals surface area contributed by atoms with E-state index in [-0.39, 0.29) is 25.1 Å². The van der Waals surface area contributed by atoms with Gasteiger partial charge in [-0.25, -0.2) is 0 Å². The summed E-state index contributed by atoms with van der Waals surface area (Å²) in [5.74, 6) is -0.362. The maximum atomic E-state index is 11.2. The van der Waals surface area contributed by atoms with E-state index >= 15 is 0 Å². The molecule has 2 aliphatic heterocycles. The normalized spacial score (nSPS) is 38.1. The molecule has 2 saturated heterocycles. The van der Waals surface area contributed by atoms with Crippen LogP contribution >= 0.6 is 0 Å². The van der Waals surface area contributed by atoms with Crippen LogP contribution in [-0.2, 0) is 23.7 Å². The summed E-state index contributed by atoms with van der Waals surface area (Å²) in [6, 6.07) is 0. The highest BCUT2D eigenvalue weighted by Crippen LogP contribution is 2.25. The first kappa shape index (κ1) is 11.8. The predicted molar refractivity (Wildman–Crippen MR) is 51.6 cm³/mol. The van der Waals surface area contributed by atoms with Crippen molar-refractivity contribution in [3.63, 3.8) is 0 Å². The van der Waals surface area contributed by atoms with E-state index in [1.807, 2.05) is 0 Å². The molecule has 4 atom stereocenters. The van der Waals surface area contributed by atoms with Crippen molar-refractivity contribution in [1.29, 1.82) is 0 Å². The van der Waals surface area contributed by atoms with Crippen LogP contribution in [0.3, 0.4) is 0 Å². The average molecular weight is 232 g/mol. The molecule has 2 aliphatic rings. The summed E-state index contributed by atoms with van der Waals surface area (Å²) in [5, 5.41) is 9.56. The fourth-order valence-corrected chi connectivity index (χ4v) is 1.86. The molecule has 0 unspecified atom stereocenters. The molecule has 0 aliphatic carbocycles. The second kappa shape index (κ2) is 5.09. The standard InChI is InChI=1S/C10H16O6/c1-2-13-8(12)3-9-15-5-7-10(16-9)6(11)4-14-7/h6-7,9-11H,2-5H2,1H3/t6-,7+,9+,10+/m0/s1. The molecule has 92 valence electrons. The Morgan fingerprint density at radius 3 is 3.00 bits per heavy atom. The van der Waals surface area contributed by atoms with Crippen LogP contribution in [0.25, 0.3) is 0 Å². The molecule has 0 saturated carbocycles. The number of carbonyl (C=O) groups is 1. The molecular formula is C10H16O6. The lowest BCUT2D eigenvalue weighted by Crippen LogP contribution is -2.46. The summed E-state index contributed by atoms with van der Waals surface area (Å²) in [5.41, 5.74) is 0. The highest BCUT2D eigenvalue weighted by atomic mass is 16.7. The molecule has 2 heterocycles. The minimum atomic E-state index is -0.642. The molecule has 0 radical (unpaired) electrons. The Morgan fingerprint density at radius 1 is 1.44 bits per heavy atom. The molecule has 6 nitrogen and oxygen atoms in total. The molecule has 6 heteroatoms. The van der Waals surface area contributed by atoms with Gasteiger partial charge in [0.2, 0.25) is 0 Å². The van der Waals surface area contributed by atoms with E-state index in [2.05, 4.69) is 0 Å². The fourth-order valence-electron chi connectivity index (χ4n) is 1.86. The number of fused-ring (bicyclic) bond motifs is 1. The highest BCUT2D eigenvalue weighted by Gasteiger charge is 2.43. The van der Waals surface area contributed by atoms with Crippen LogP contribution in [0.5, 0.6) is 0 Å². The van der Waals surface area contributed by atoms with Crippen molar-refractivity contribution < 1.29 is 28.8 Å². The SMILES string of the molecule is CCOC(=O)C[C@@H]1OC[C@H]2OC[C@H](O)[C@H]2O1. The van der Waals surface area contributed by atoms with E-state index in [4.69, 9.17) is 18.9 Å². The third-order valence-electron chi connectivity index (χ3n) is 2.62. The fraction of sp³-hybridized carbons (Fsp3) is 0.900. The Morgan fingerprint density at radius 2 is 2.25 bits per heavy atom. The van der Waals surface area contributed by atoms with Gasteiger partial charge in [0.15, 0.2) is 6.29 Å². The average Bonchev–Trinajstić information content (AvgIpc) is 2.61. The number of aliphatic hydroxyl groups excluding tert-OH is 1. The number of hydrogen-bond donors (Lipinski definition) is 1. The first-order valence-electron chi connectivity index (χ1n) is 5.43. The zero-order valence-electron chi connectivity index (χ0n) is 9.13. The topological polar surface area (TPSA) is 74.2 Å². The largest absolute Gasteiger partial charge is 0.466 e. The first-order chi connectivity index (χ1) is 7.70. The van der Waals surface area contributed by atoms with Gasteiger partial charge in [0.1, 0.15) is 18.3 Å². The number of carbonyl (C=O) groups excluding carboxylic acids is 1. The van der Waals surface area contributed by atoms with Crippen molar-refractivity contribution in [2.45, 2.75) is 37.9 Å². The lowest BCUT2D eigenvalue weighted by Gasteiger charge is -2.32. The second-order valence-corrected chi connectivity index (χ2v) is 3.81. The third-order valence-corrected chi connectivity index (χ3v) is 2.62. The third kappa shape index (κ3) is 2.52. The van der Waals surface area contributed by atoms with E-state index < -0.39 is 18.5 Å². The molecule has 0 aromatic heterocycles. The molecule has 16 heavy (non-hydrogen) atoms. The molecular weight excluding hydrogens is 216 g/mol. The number of ether oxygens (including phenoxy) is 4. The van der Waals surface area contributed by atoms with Gasteiger partial charge in [-0.2, -0.15) is 0 Å². The van der Waals surface area contributed by atoms with Gasteiger partial charge in [0.05, 0.1) is 26.2 Å². The lowest BCUT2D eigenvalue weighted by molar-refractivity contribution is -0.250. The quantitative estimate of drug-likeness (QED) is 0.657. The van der Waals surface area contributed by atoms with E-state index in [9.17, 15) is 9.90 Å². The van der Waals surface area contributed by atoms with E-state index in [1.54, 1.807) is 6.92 Å². The molecule has 0 bridgehead atoms. The molecule has 0 aromatic carbocycles. The van der Waals surface area contributed by atoms with Gasteiger partial charge in [0, 0.05) is 0 Å². The van der Waals surface area contributed by atoms with Gasteiger partial charge < -0.3 is 24.1 Å². The molecule has 0 aromatic rings. The van der Waals surface area contributed by atoms with Crippen LogP contribution in [-0.4, -0.2) is 55.5 Å². The maximum Gasteiger partial charge on any atom is 0.310 e. The summed E-state index contributed by atoms with van der Waals surface area (Å²) in [4.78, 5) is 11.2. The van der Waals surface area contributed by atoms with Crippen molar-refractivity contribution in [2.24, 2.45) is 0 Å². The molecule has 1 N–H and O–H groups in total. The van der Waals surface area contributed by atoms with Crippen LogP contribution in [0.2, 0.25) is 0 Å². The maximum absolute atomic E-state index is 11.2. The number of hydrogen-bond acceptors (Lipinski definition) is 6. The minimum absolute atomic E-state index is 0.0454. The van der Waals surface area contributed by atoms with Gasteiger partial charge in [-0.3, -0.25) is 4.79 Å². The van der Waals surface area contributed by atoms with Crippen LogP contribution in [0.15, 0.2) is 0 Å². The minimum Gasteiger partial charge on any atom is -0.466 e. The number of rotatable bonds is 3. The highest BCUT2D eigenvalue weighted by molar-refractivity contribution is 5.69. The van der Waals surface area contributed by atoms with Crippen molar-refractivity contribution in [1.82, 2.24) is 0 Å². The Kier molecular flexibility index (Phi) is 3.75. The zero-order chi connectivity index (χ0) is 11.5. The smallest absolute Gasteiger partial charge is 0.310 e. The summed E-state index contributed by atoms with van der Waals surface area (Å²) >= 11 is 0. The van der Waals surface area contributed by atoms with Crippen molar-refractivity contribution in [3.05, 3.63) is 0 Å². The second-order valence-electron chi connectivity index (χ2n) is 3.81. The summed E-state index contributed by atoms with van der Waals surface area (Å²) in [6.45, 7) is 2.67. The predicted octanol–water partition coefficient (Wildman–Crippen LogP) is -0.559. The molecule has 0 spiro atoms. The zero-order valence-corrected chi connectivity index (χ0v) is 9.13. The monoisotopic (exact) mass is 232 g/mol. The first-order valence-corrected chi connectivity index (χ1v) is 5.43. The summed E-state index contributed by atoms with van der Waals surface area (Å²) in [6.07, 6.45) is -1.86. The van der Waals surface area contributed by atoms with Crippen molar-refractivity contribution >= 4 is 5.97 Å². The Bertz CT molecular complexity index is 256. The van der Waals surface area contributed by atoms with Crippen LogP contribution in [0.4, 0.5) is 0 Å².